The van der Waals surface area contributed by atoms with Crippen LogP contribution in [-0.2, 0) is 6.54 Å². The number of anilines is 2. The van der Waals surface area contributed by atoms with Crippen molar-refractivity contribution in [2.45, 2.75) is 20.4 Å². The van der Waals surface area contributed by atoms with E-state index in [9.17, 15) is 0 Å². The second-order valence-corrected chi connectivity index (χ2v) is 5.27. The third-order valence-corrected chi connectivity index (χ3v) is 4.05. The van der Waals surface area contributed by atoms with Crippen molar-refractivity contribution in [1.29, 1.82) is 0 Å². The van der Waals surface area contributed by atoms with Gasteiger partial charge in [-0.1, -0.05) is 18.2 Å². The molecule has 3 rings (SSSR count). The Morgan fingerprint density at radius 2 is 1.71 bits per heavy atom. The van der Waals surface area contributed by atoms with Crippen LogP contribution in [0.1, 0.15) is 19.4 Å². The van der Waals surface area contributed by atoms with Crippen LogP contribution in [0.3, 0.4) is 0 Å². The minimum absolute atomic E-state index is 0.613. The first-order valence-electron chi connectivity index (χ1n) is 7.62. The largest absolute Gasteiger partial charge is 0.473 e. The third kappa shape index (κ3) is 2.82. The van der Waals surface area contributed by atoms with Crippen molar-refractivity contribution in [2.24, 2.45) is 0 Å². The molecule has 110 valence electrons. The van der Waals surface area contributed by atoms with Gasteiger partial charge in [-0.25, -0.2) is 0 Å². The molecule has 3 heteroatoms. The molecule has 1 aliphatic rings. The van der Waals surface area contributed by atoms with Crippen molar-refractivity contribution in [3.05, 3.63) is 54.1 Å². The van der Waals surface area contributed by atoms with Crippen LogP contribution in [0.2, 0.25) is 0 Å². The number of ether oxygens (including phenoxy) is 1. The molecule has 0 radical (unpaired) electrons. The Bertz CT molecular complexity index is 590. The zero-order chi connectivity index (χ0) is 14.7. The summed E-state index contributed by atoms with van der Waals surface area (Å²) in [6, 6.07) is 17.0. The quantitative estimate of drug-likeness (QED) is 0.846. The Kier molecular flexibility index (Phi) is 4.00. The molecule has 0 saturated carbocycles. The zero-order valence-electron chi connectivity index (χ0n) is 12.7. The molecule has 0 spiro atoms. The first kappa shape index (κ1) is 13.8. The Hall–Kier alpha value is -2.16. The minimum Gasteiger partial charge on any atom is -0.473 e. The lowest BCUT2D eigenvalue weighted by atomic mass is 10.1. The molecule has 1 heterocycles. The molecule has 0 atom stereocenters. The summed E-state index contributed by atoms with van der Waals surface area (Å²) >= 11 is 0. The lowest BCUT2D eigenvalue weighted by Crippen LogP contribution is -2.31. The molecule has 0 saturated heterocycles. The van der Waals surface area contributed by atoms with E-state index in [1.165, 1.54) is 16.9 Å². The number of fused-ring (bicyclic) bond motifs is 1. The van der Waals surface area contributed by atoms with Crippen LogP contribution >= 0.6 is 0 Å². The number of hydrogen-bond donors (Lipinski definition) is 0. The molecule has 2 aromatic carbocycles. The van der Waals surface area contributed by atoms with Gasteiger partial charge >= 0.3 is 0 Å². The van der Waals surface area contributed by atoms with Gasteiger partial charge in [-0.3, -0.25) is 0 Å². The highest BCUT2D eigenvalue weighted by Crippen LogP contribution is 2.29. The van der Waals surface area contributed by atoms with E-state index in [-0.39, 0.29) is 0 Å². The van der Waals surface area contributed by atoms with Crippen molar-refractivity contribution in [3.63, 3.8) is 0 Å². The van der Waals surface area contributed by atoms with Crippen molar-refractivity contribution in [2.75, 3.05) is 29.6 Å². The topological polar surface area (TPSA) is 15.7 Å². The smallest absolute Gasteiger partial charge is 0.161 e. The number of nitrogens with zero attached hydrogens (tertiary/aromatic N) is 2. The first-order chi connectivity index (χ1) is 10.3. The van der Waals surface area contributed by atoms with E-state index in [2.05, 4.69) is 60.0 Å². The lowest BCUT2D eigenvalue weighted by Gasteiger charge is -2.31. The van der Waals surface area contributed by atoms with Crippen LogP contribution in [0.15, 0.2) is 48.5 Å². The Labute approximate surface area is 126 Å². The predicted molar refractivity (Wildman–Crippen MR) is 88.1 cm³/mol. The Morgan fingerprint density at radius 3 is 2.43 bits per heavy atom. The first-order valence-corrected chi connectivity index (χ1v) is 7.62. The molecule has 0 bridgehead atoms. The maximum Gasteiger partial charge on any atom is 0.161 e. The molecule has 0 amide bonds. The summed E-state index contributed by atoms with van der Waals surface area (Å²) < 4.78 is 5.83. The lowest BCUT2D eigenvalue weighted by molar-refractivity contribution is 0.289. The standard InChI is InChI=1S/C18H22N2O/c1-3-19(4-2)16-9-11-17(12-10-16)20-13-15-7-5-6-8-18(15)21-14-20/h5-12H,3-4,13-14H2,1-2H3. The van der Waals surface area contributed by atoms with E-state index in [1.807, 2.05) is 12.1 Å². The molecule has 0 unspecified atom stereocenters. The van der Waals surface area contributed by atoms with E-state index in [0.29, 0.717) is 6.73 Å². The second-order valence-electron chi connectivity index (χ2n) is 5.27. The molecule has 0 fully saturated rings. The average Bonchev–Trinajstić information content (AvgIpc) is 2.56. The van der Waals surface area contributed by atoms with E-state index >= 15 is 0 Å². The average molecular weight is 282 g/mol. The van der Waals surface area contributed by atoms with Gasteiger partial charge in [0.05, 0.1) is 0 Å². The zero-order valence-corrected chi connectivity index (χ0v) is 12.7. The second kappa shape index (κ2) is 6.08. The summed E-state index contributed by atoms with van der Waals surface area (Å²) in [6.07, 6.45) is 0. The number of para-hydroxylation sites is 1. The van der Waals surface area contributed by atoms with Crippen molar-refractivity contribution >= 4 is 11.4 Å². The van der Waals surface area contributed by atoms with Gasteiger partial charge < -0.3 is 14.5 Å². The summed E-state index contributed by atoms with van der Waals surface area (Å²) in [6.45, 7) is 7.97. The highest BCUT2D eigenvalue weighted by Gasteiger charge is 2.17. The fourth-order valence-corrected chi connectivity index (χ4v) is 2.80. The van der Waals surface area contributed by atoms with Crippen LogP contribution in [0, 0.1) is 0 Å². The summed E-state index contributed by atoms with van der Waals surface area (Å²) in [5, 5.41) is 0. The molecule has 0 aliphatic carbocycles. The van der Waals surface area contributed by atoms with E-state index < -0.39 is 0 Å². The maximum absolute atomic E-state index is 5.83. The fourth-order valence-electron chi connectivity index (χ4n) is 2.80. The summed E-state index contributed by atoms with van der Waals surface area (Å²) in [5.74, 6) is 1.01. The molecular weight excluding hydrogens is 260 g/mol. The van der Waals surface area contributed by atoms with Crippen LogP contribution in [-0.4, -0.2) is 19.8 Å². The van der Waals surface area contributed by atoms with Crippen molar-refractivity contribution in [1.82, 2.24) is 0 Å². The fraction of sp³-hybridized carbons (Fsp3) is 0.333. The molecule has 0 N–H and O–H groups in total. The summed E-state index contributed by atoms with van der Waals surface area (Å²) in [7, 11) is 0. The molecular formula is C18H22N2O. The Morgan fingerprint density at radius 1 is 1.00 bits per heavy atom. The van der Waals surface area contributed by atoms with Crippen LogP contribution in [0.25, 0.3) is 0 Å². The predicted octanol–water partition coefficient (Wildman–Crippen LogP) is 3.89. The number of hydrogen-bond acceptors (Lipinski definition) is 3. The van der Waals surface area contributed by atoms with Gasteiger partial charge in [0.25, 0.3) is 0 Å². The molecule has 21 heavy (non-hydrogen) atoms. The van der Waals surface area contributed by atoms with Crippen LogP contribution in [0.4, 0.5) is 11.4 Å². The van der Waals surface area contributed by atoms with E-state index in [4.69, 9.17) is 4.74 Å². The summed E-state index contributed by atoms with van der Waals surface area (Å²) in [5.41, 5.74) is 3.74. The Balaban J connectivity index is 1.76. The van der Waals surface area contributed by atoms with Gasteiger partial charge in [-0.15, -0.1) is 0 Å². The van der Waals surface area contributed by atoms with E-state index in [1.54, 1.807) is 0 Å². The number of benzene rings is 2. The SMILES string of the molecule is CCN(CC)c1ccc(N2COc3ccccc3C2)cc1. The van der Waals surface area contributed by atoms with Gasteiger partial charge in [0.15, 0.2) is 6.73 Å². The maximum atomic E-state index is 5.83. The minimum atomic E-state index is 0.613. The number of rotatable bonds is 4. The third-order valence-electron chi connectivity index (χ3n) is 4.05. The highest BCUT2D eigenvalue weighted by molar-refractivity contribution is 5.57. The molecule has 0 aromatic heterocycles. The van der Waals surface area contributed by atoms with Gasteiger partial charge in [0.2, 0.25) is 0 Å². The van der Waals surface area contributed by atoms with E-state index in [0.717, 1.165) is 25.4 Å². The monoisotopic (exact) mass is 282 g/mol. The van der Waals surface area contributed by atoms with Gasteiger partial charge in [0, 0.05) is 36.6 Å². The molecule has 2 aromatic rings. The summed E-state index contributed by atoms with van der Waals surface area (Å²) in [4.78, 5) is 4.61. The molecule has 3 nitrogen and oxygen atoms in total. The van der Waals surface area contributed by atoms with Crippen LogP contribution < -0.4 is 14.5 Å². The van der Waals surface area contributed by atoms with Gasteiger partial charge in [-0.05, 0) is 44.2 Å². The van der Waals surface area contributed by atoms with Gasteiger partial charge in [-0.2, -0.15) is 0 Å². The highest BCUT2D eigenvalue weighted by atomic mass is 16.5. The molecule has 1 aliphatic heterocycles. The normalized spacial score (nSPS) is 13.5. The van der Waals surface area contributed by atoms with Crippen LogP contribution in [0.5, 0.6) is 5.75 Å². The van der Waals surface area contributed by atoms with Crippen molar-refractivity contribution in [3.8, 4) is 5.75 Å². The van der Waals surface area contributed by atoms with Gasteiger partial charge in [0.1, 0.15) is 5.75 Å². The van der Waals surface area contributed by atoms with Crippen molar-refractivity contribution < 1.29 is 4.74 Å².